The molecule has 0 spiro atoms. The zero-order valence-electron chi connectivity index (χ0n) is 20.9. The number of hydrogen-bond acceptors (Lipinski definition) is 7. The lowest BCUT2D eigenvalue weighted by atomic mass is 10.0. The fraction of sp³-hybridized carbons (Fsp3) is 0.320. The summed E-state index contributed by atoms with van der Waals surface area (Å²) in [6, 6.07) is 5.24. The molecule has 2 heterocycles. The van der Waals surface area contributed by atoms with Gasteiger partial charge in [-0.2, -0.15) is 31.3 Å². The molecule has 2 aliphatic carbocycles. The first-order valence-electron chi connectivity index (χ1n) is 12.1. The Balaban J connectivity index is 1.53. The highest BCUT2D eigenvalue weighted by Gasteiger charge is 2.64. The largest absolute Gasteiger partial charge is 0.416 e. The van der Waals surface area contributed by atoms with Crippen LogP contribution in [0.1, 0.15) is 42.5 Å². The summed E-state index contributed by atoms with van der Waals surface area (Å²) in [7, 11) is -4.42. The van der Waals surface area contributed by atoms with Crippen molar-refractivity contribution in [3.05, 3.63) is 65.1 Å². The van der Waals surface area contributed by atoms with Crippen LogP contribution in [0.2, 0.25) is 0 Å². The number of pyridine rings is 1. The molecule has 0 aliphatic heterocycles. The van der Waals surface area contributed by atoms with Crippen molar-refractivity contribution in [1.82, 2.24) is 15.0 Å². The van der Waals surface area contributed by atoms with Crippen molar-refractivity contribution in [1.29, 1.82) is 0 Å². The molecule has 0 amide bonds. The van der Waals surface area contributed by atoms with Gasteiger partial charge in [-0.25, -0.2) is 27.9 Å². The van der Waals surface area contributed by atoms with E-state index in [1.165, 1.54) is 18.2 Å². The van der Waals surface area contributed by atoms with Crippen LogP contribution in [-0.4, -0.2) is 35.1 Å². The SMILES string of the molecule is NS(=O)(=O)c1ccc(CNc2nc(NC3(C(F)(F)F)CC3)c3nc(C4=CC=C(F)CC4)ccc3n2)c(C(F)(F)F)c1. The van der Waals surface area contributed by atoms with Crippen LogP contribution >= 0.6 is 0 Å². The highest BCUT2D eigenvalue weighted by Crippen LogP contribution is 2.51. The van der Waals surface area contributed by atoms with Crippen molar-refractivity contribution in [3.63, 3.8) is 0 Å². The molecule has 3 aromatic rings. The number of fused-ring (bicyclic) bond motifs is 1. The molecule has 8 nitrogen and oxygen atoms in total. The van der Waals surface area contributed by atoms with Crippen LogP contribution in [0.4, 0.5) is 42.5 Å². The van der Waals surface area contributed by atoms with Gasteiger partial charge in [0.1, 0.15) is 16.9 Å². The smallest absolute Gasteiger partial charge is 0.354 e. The van der Waals surface area contributed by atoms with Crippen LogP contribution in [-0.2, 0) is 22.7 Å². The molecule has 2 aliphatic rings. The van der Waals surface area contributed by atoms with E-state index in [0.29, 0.717) is 23.8 Å². The third-order valence-electron chi connectivity index (χ3n) is 6.77. The molecule has 4 N–H and O–H groups in total. The maximum Gasteiger partial charge on any atom is 0.416 e. The summed E-state index contributed by atoms with van der Waals surface area (Å²) in [5.74, 6) is -0.893. The summed E-state index contributed by atoms with van der Waals surface area (Å²) in [5, 5.41) is 9.95. The van der Waals surface area contributed by atoms with E-state index in [9.17, 15) is 39.2 Å². The first kappa shape index (κ1) is 28.7. The van der Waals surface area contributed by atoms with Gasteiger partial charge in [0.15, 0.2) is 5.82 Å². The number of benzene rings is 1. The third-order valence-corrected chi connectivity index (χ3v) is 7.68. The second-order valence-corrected chi connectivity index (χ2v) is 11.2. The Morgan fingerprint density at radius 1 is 0.951 bits per heavy atom. The number of nitrogens with one attached hydrogen (secondary N) is 2. The van der Waals surface area contributed by atoms with Gasteiger partial charge in [0.05, 0.1) is 21.7 Å². The van der Waals surface area contributed by atoms with Crippen molar-refractivity contribution in [2.45, 2.75) is 55.0 Å². The molecule has 0 unspecified atom stereocenters. The Labute approximate surface area is 228 Å². The number of primary sulfonamides is 1. The standard InChI is InChI=1S/C25H21F7N6O2S/c26-15-4-1-13(2-5-15)18-7-8-19-20(35-18)21(38-23(9-10-23)25(30,31)32)37-22(36-19)34-12-14-3-6-16(41(33,39)40)11-17(14)24(27,28)29/h1,3-4,6-8,11H,2,5,9-10,12H2,(H2,33,39,40)(H2,34,36,37,38). The van der Waals surface area contributed by atoms with Crippen LogP contribution in [0.3, 0.4) is 0 Å². The van der Waals surface area contributed by atoms with Gasteiger partial charge < -0.3 is 10.6 Å². The first-order valence-corrected chi connectivity index (χ1v) is 13.7. The minimum atomic E-state index is -4.94. The maximum absolute atomic E-state index is 13.8. The zero-order chi connectivity index (χ0) is 29.8. The Hall–Kier alpha value is -3.79. The minimum absolute atomic E-state index is 0.00649. The maximum atomic E-state index is 13.8. The summed E-state index contributed by atoms with van der Waals surface area (Å²) in [4.78, 5) is 12.0. The molecule has 0 bridgehead atoms. The number of aromatic nitrogens is 3. The molecule has 41 heavy (non-hydrogen) atoms. The predicted octanol–water partition coefficient (Wildman–Crippen LogP) is 5.84. The summed E-state index contributed by atoms with van der Waals surface area (Å²) in [5.41, 5.74) is -2.77. The molecule has 1 saturated carbocycles. The lowest BCUT2D eigenvalue weighted by Gasteiger charge is -2.22. The lowest BCUT2D eigenvalue weighted by Crippen LogP contribution is -2.39. The van der Waals surface area contributed by atoms with Crippen LogP contribution in [0.5, 0.6) is 0 Å². The average Bonchev–Trinajstić information content (AvgIpc) is 3.67. The minimum Gasteiger partial charge on any atom is -0.354 e. The molecule has 5 rings (SSSR count). The average molecular weight is 603 g/mol. The fourth-order valence-electron chi connectivity index (χ4n) is 4.34. The van der Waals surface area contributed by atoms with Gasteiger partial charge in [-0.15, -0.1) is 0 Å². The van der Waals surface area contributed by atoms with Gasteiger partial charge in [-0.1, -0.05) is 12.1 Å². The van der Waals surface area contributed by atoms with E-state index in [1.54, 1.807) is 6.07 Å². The van der Waals surface area contributed by atoms with E-state index >= 15 is 0 Å². The van der Waals surface area contributed by atoms with E-state index < -0.39 is 44.9 Å². The monoisotopic (exact) mass is 602 g/mol. The van der Waals surface area contributed by atoms with Crippen molar-refractivity contribution in [3.8, 4) is 0 Å². The lowest BCUT2D eigenvalue weighted by molar-refractivity contribution is -0.151. The molecule has 218 valence electrons. The second-order valence-electron chi connectivity index (χ2n) is 9.69. The topological polar surface area (TPSA) is 123 Å². The van der Waals surface area contributed by atoms with Crippen molar-refractivity contribution in [2.24, 2.45) is 5.14 Å². The number of allylic oxidation sites excluding steroid dienone is 4. The van der Waals surface area contributed by atoms with Crippen LogP contribution in [0.15, 0.2) is 53.2 Å². The van der Waals surface area contributed by atoms with E-state index in [2.05, 4.69) is 25.6 Å². The highest BCUT2D eigenvalue weighted by molar-refractivity contribution is 7.89. The van der Waals surface area contributed by atoms with Gasteiger partial charge in [-0.3, -0.25) is 0 Å². The fourth-order valence-corrected chi connectivity index (χ4v) is 4.88. The Kier molecular flexibility index (Phi) is 6.96. The van der Waals surface area contributed by atoms with Crippen molar-refractivity contribution >= 4 is 38.4 Å². The first-order chi connectivity index (χ1) is 19.1. The molecule has 0 saturated heterocycles. The molecule has 16 heteroatoms. The number of nitrogens with two attached hydrogens (primary N) is 1. The Bertz CT molecular complexity index is 1700. The van der Waals surface area contributed by atoms with Crippen LogP contribution in [0.25, 0.3) is 16.6 Å². The summed E-state index contributed by atoms with van der Waals surface area (Å²) < 4.78 is 119. The van der Waals surface area contributed by atoms with Gasteiger partial charge in [-0.05, 0) is 60.7 Å². The zero-order valence-corrected chi connectivity index (χ0v) is 21.7. The molecular formula is C25H21F7N6O2S. The molecule has 1 aromatic carbocycles. The number of halogens is 7. The van der Waals surface area contributed by atoms with Crippen molar-refractivity contribution < 1.29 is 39.2 Å². The number of nitrogens with zero attached hydrogens (tertiary/aromatic N) is 3. The van der Waals surface area contributed by atoms with Crippen LogP contribution in [0, 0.1) is 0 Å². The van der Waals surface area contributed by atoms with Gasteiger partial charge in [0, 0.05) is 13.0 Å². The second kappa shape index (κ2) is 9.94. The number of rotatable bonds is 7. The van der Waals surface area contributed by atoms with E-state index in [1.807, 2.05) is 0 Å². The van der Waals surface area contributed by atoms with Crippen LogP contribution < -0.4 is 15.8 Å². The number of alkyl halides is 6. The third kappa shape index (κ3) is 5.98. The van der Waals surface area contributed by atoms with E-state index in [0.717, 1.165) is 12.1 Å². The van der Waals surface area contributed by atoms with E-state index in [-0.39, 0.29) is 53.5 Å². The van der Waals surface area contributed by atoms with Gasteiger partial charge in [0.25, 0.3) is 0 Å². The molecule has 2 aromatic heterocycles. The predicted molar refractivity (Wildman–Crippen MR) is 136 cm³/mol. The number of sulfonamides is 1. The normalized spacial score (nSPS) is 17.2. The molecular weight excluding hydrogens is 581 g/mol. The number of hydrogen-bond donors (Lipinski definition) is 3. The molecule has 0 atom stereocenters. The van der Waals surface area contributed by atoms with E-state index in [4.69, 9.17) is 5.14 Å². The quantitative estimate of drug-likeness (QED) is 0.291. The highest BCUT2D eigenvalue weighted by atomic mass is 32.2. The van der Waals surface area contributed by atoms with Crippen molar-refractivity contribution in [2.75, 3.05) is 10.6 Å². The number of anilines is 2. The summed E-state index contributed by atoms with van der Waals surface area (Å²) >= 11 is 0. The summed E-state index contributed by atoms with van der Waals surface area (Å²) in [6.07, 6.45) is -6.72. The Morgan fingerprint density at radius 3 is 2.27 bits per heavy atom. The molecule has 1 fully saturated rings. The summed E-state index contributed by atoms with van der Waals surface area (Å²) in [6.45, 7) is -0.550. The molecule has 0 radical (unpaired) electrons. The Morgan fingerprint density at radius 2 is 1.68 bits per heavy atom. The van der Waals surface area contributed by atoms with Gasteiger partial charge >= 0.3 is 12.4 Å². The van der Waals surface area contributed by atoms with Gasteiger partial charge in [0.2, 0.25) is 16.0 Å².